The fourth-order valence-corrected chi connectivity index (χ4v) is 2.07. The molecule has 0 saturated heterocycles. The van der Waals surface area contributed by atoms with Crippen LogP contribution in [0.25, 0.3) is 0 Å². The van der Waals surface area contributed by atoms with Crippen LogP contribution in [0, 0.1) is 6.92 Å². The molecule has 1 heterocycles. The lowest BCUT2D eigenvalue weighted by molar-refractivity contribution is 0.834. The summed E-state index contributed by atoms with van der Waals surface area (Å²) < 4.78 is 0. The molecule has 0 fully saturated rings. The summed E-state index contributed by atoms with van der Waals surface area (Å²) in [7, 11) is 2.09. The van der Waals surface area contributed by atoms with Crippen LogP contribution in [0.5, 0.6) is 0 Å². The Kier molecular flexibility index (Phi) is 6.86. The van der Waals surface area contributed by atoms with Crippen LogP contribution in [0.3, 0.4) is 0 Å². The van der Waals surface area contributed by atoms with Crippen molar-refractivity contribution in [1.82, 2.24) is 9.97 Å². The zero-order valence-electron chi connectivity index (χ0n) is 11.9. The number of nitrogens with zero attached hydrogens (tertiary/aromatic N) is 3. The molecule has 1 N–H and O–H groups in total. The predicted molar refractivity (Wildman–Crippen MR) is 81.8 cm³/mol. The van der Waals surface area contributed by atoms with Gasteiger partial charge in [-0.25, -0.2) is 9.97 Å². The van der Waals surface area contributed by atoms with Gasteiger partial charge in [-0.1, -0.05) is 6.92 Å². The smallest absolute Gasteiger partial charge is 0.134 e. The molecule has 0 amide bonds. The minimum atomic E-state index is 0.822. The summed E-state index contributed by atoms with van der Waals surface area (Å²) in [6, 6.07) is 2.03. The van der Waals surface area contributed by atoms with E-state index in [9.17, 15) is 0 Å². The zero-order chi connectivity index (χ0) is 13.4. The Morgan fingerprint density at radius 3 is 2.83 bits per heavy atom. The molecule has 0 bridgehead atoms. The second-order valence-electron chi connectivity index (χ2n) is 4.35. The van der Waals surface area contributed by atoms with Gasteiger partial charge in [0.2, 0.25) is 0 Å². The van der Waals surface area contributed by atoms with E-state index >= 15 is 0 Å². The first-order valence-electron chi connectivity index (χ1n) is 6.47. The third kappa shape index (κ3) is 5.12. The number of anilines is 2. The molecule has 0 radical (unpaired) electrons. The van der Waals surface area contributed by atoms with E-state index in [1.165, 1.54) is 12.2 Å². The van der Waals surface area contributed by atoms with Crippen LogP contribution in [-0.2, 0) is 0 Å². The number of hydrogen-bond donors (Lipinski definition) is 1. The molecule has 4 nitrogen and oxygen atoms in total. The van der Waals surface area contributed by atoms with Crippen molar-refractivity contribution >= 4 is 23.4 Å². The standard InChI is InChI=1S/C13H24N4S/c1-5-7-14-12-10-13(16-11(2)15-12)17(3)8-6-9-18-4/h10H,5-9H2,1-4H3,(H,14,15,16). The Morgan fingerprint density at radius 1 is 1.39 bits per heavy atom. The van der Waals surface area contributed by atoms with Gasteiger partial charge in [0.15, 0.2) is 0 Å². The number of aromatic nitrogens is 2. The lowest BCUT2D eigenvalue weighted by atomic mass is 10.4. The third-order valence-corrected chi connectivity index (χ3v) is 3.31. The molecular weight excluding hydrogens is 244 g/mol. The Labute approximate surface area is 115 Å². The Bertz CT molecular complexity index is 357. The Balaban J connectivity index is 2.65. The van der Waals surface area contributed by atoms with Gasteiger partial charge in [-0.2, -0.15) is 11.8 Å². The summed E-state index contributed by atoms with van der Waals surface area (Å²) in [6.07, 6.45) is 4.42. The molecular formula is C13H24N4S. The summed E-state index contributed by atoms with van der Waals surface area (Å²) in [5, 5.41) is 3.32. The van der Waals surface area contributed by atoms with E-state index in [2.05, 4.69) is 40.4 Å². The van der Waals surface area contributed by atoms with Gasteiger partial charge in [0.1, 0.15) is 17.5 Å². The number of rotatable bonds is 8. The average Bonchev–Trinajstić information content (AvgIpc) is 2.36. The number of nitrogens with one attached hydrogen (secondary N) is 1. The van der Waals surface area contributed by atoms with Crippen LogP contribution in [0.15, 0.2) is 6.07 Å². The first kappa shape index (κ1) is 15.1. The molecule has 18 heavy (non-hydrogen) atoms. The maximum absolute atomic E-state index is 4.49. The summed E-state index contributed by atoms with van der Waals surface area (Å²) in [4.78, 5) is 11.1. The van der Waals surface area contributed by atoms with E-state index in [0.29, 0.717) is 0 Å². The predicted octanol–water partition coefficient (Wildman–Crippen LogP) is 2.80. The van der Waals surface area contributed by atoms with E-state index in [1.54, 1.807) is 0 Å². The quantitative estimate of drug-likeness (QED) is 0.734. The van der Waals surface area contributed by atoms with Crippen LogP contribution in [0.1, 0.15) is 25.6 Å². The molecule has 1 rings (SSSR count). The lowest BCUT2D eigenvalue weighted by Gasteiger charge is -2.19. The van der Waals surface area contributed by atoms with E-state index in [1.807, 2.05) is 24.8 Å². The van der Waals surface area contributed by atoms with E-state index in [0.717, 1.165) is 37.0 Å². The normalized spacial score (nSPS) is 10.4. The van der Waals surface area contributed by atoms with Gasteiger partial charge in [-0.05, 0) is 31.8 Å². The van der Waals surface area contributed by atoms with Gasteiger partial charge in [-0.3, -0.25) is 0 Å². The first-order valence-corrected chi connectivity index (χ1v) is 7.86. The van der Waals surface area contributed by atoms with Gasteiger partial charge in [-0.15, -0.1) is 0 Å². The summed E-state index contributed by atoms with van der Waals surface area (Å²) in [6.45, 7) is 6.07. The summed E-state index contributed by atoms with van der Waals surface area (Å²) in [5.41, 5.74) is 0. The highest BCUT2D eigenvalue weighted by molar-refractivity contribution is 7.98. The first-order chi connectivity index (χ1) is 8.67. The molecule has 5 heteroatoms. The number of thioether (sulfide) groups is 1. The SMILES string of the molecule is CCCNc1cc(N(C)CCCSC)nc(C)n1. The molecule has 0 atom stereocenters. The maximum Gasteiger partial charge on any atom is 0.134 e. The maximum atomic E-state index is 4.49. The van der Waals surface area contributed by atoms with Gasteiger partial charge in [0.25, 0.3) is 0 Å². The molecule has 0 aliphatic rings. The van der Waals surface area contributed by atoms with E-state index in [4.69, 9.17) is 0 Å². The minimum absolute atomic E-state index is 0.822. The van der Waals surface area contributed by atoms with Crippen LogP contribution in [0.4, 0.5) is 11.6 Å². The molecule has 0 aliphatic carbocycles. The molecule has 0 unspecified atom stereocenters. The summed E-state index contributed by atoms with van der Waals surface area (Å²) >= 11 is 1.88. The fourth-order valence-electron chi connectivity index (χ4n) is 1.65. The Morgan fingerprint density at radius 2 is 2.17 bits per heavy atom. The van der Waals surface area contributed by atoms with Crippen LogP contribution in [-0.4, -0.2) is 42.1 Å². The van der Waals surface area contributed by atoms with Crippen molar-refractivity contribution in [2.45, 2.75) is 26.7 Å². The molecule has 0 aliphatic heterocycles. The second kappa shape index (κ2) is 8.19. The average molecular weight is 268 g/mol. The van der Waals surface area contributed by atoms with Gasteiger partial charge in [0, 0.05) is 26.2 Å². The largest absolute Gasteiger partial charge is 0.370 e. The highest BCUT2D eigenvalue weighted by Crippen LogP contribution is 2.15. The van der Waals surface area contributed by atoms with Gasteiger partial charge < -0.3 is 10.2 Å². The lowest BCUT2D eigenvalue weighted by Crippen LogP contribution is -2.21. The van der Waals surface area contributed by atoms with Gasteiger partial charge >= 0.3 is 0 Å². The van der Waals surface area contributed by atoms with Crippen molar-refractivity contribution in [3.8, 4) is 0 Å². The third-order valence-electron chi connectivity index (χ3n) is 2.61. The van der Waals surface area contributed by atoms with Crippen LogP contribution >= 0.6 is 11.8 Å². The highest BCUT2D eigenvalue weighted by Gasteiger charge is 2.06. The second-order valence-corrected chi connectivity index (χ2v) is 5.34. The minimum Gasteiger partial charge on any atom is -0.370 e. The number of aryl methyl sites for hydroxylation is 1. The van der Waals surface area contributed by atoms with Crippen molar-refractivity contribution in [3.05, 3.63) is 11.9 Å². The van der Waals surface area contributed by atoms with Crippen molar-refractivity contribution in [3.63, 3.8) is 0 Å². The molecule has 0 aromatic carbocycles. The van der Waals surface area contributed by atoms with Gasteiger partial charge in [0.05, 0.1) is 0 Å². The van der Waals surface area contributed by atoms with Crippen molar-refractivity contribution < 1.29 is 0 Å². The zero-order valence-corrected chi connectivity index (χ0v) is 12.7. The fraction of sp³-hybridized carbons (Fsp3) is 0.692. The molecule has 0 saturated carbocycles. The Hall–Kier alpha value is -0.970. The number of hydrogen-bond acceptors (Lipinski definition) is 5. The topological polar surface area (TPSA) is 41.0 Å². The molecule has 102 valence electrons. The van der Waals surface area contributed by atoms with Crippen LogP contribution < -0.4 is 10.2 Å². The van der Waals surface area contributed by atoms with Crippen LogP contribution in [0.2, 0.25) is 0 Å². The highest BCUT2D eigenvalue weighted by atomic mass is 32.2. The molecule has 1 aromatic heterocycles. The van der Waals surface area contributed by atoms with Crippen molar-refractivity contribution in [1.29, 1.82) is 0 Å². The molecule has 0 spiro atoms. The summed E-state index contributed by atoms with van der Waals surface area (Å²) in [5.74, 6) is 3.94. The monoisotopic (exact) mass is 268 g/mol. The molecule has 1 aromatic rings. The van der Waals surface area contributed by atoms with E-state index < -0.39 is 0 Å². The van der Waals surface area contributed by atoms with Crippen molar-refractivity contribution in [2.24, 2.45) is 0 Å². The van der Waals surface area contributed by atoms with E-state index in [-0.39, 0.29) is 0 Å². The van der Waals surface area contributed by atoms with Crippen molar-refractivity contribution in [2.75, 3.05) is 42.4 Å².